The number of Topliss-reactive ketones (excluding diaryl/α,β-unsaturated/α-hetero) is 1. The second kappa shape index (κ2) is 4.82. The summed E-state index contributed by atoms with van der Waals surface area (Å²) in [6.07, 6.45) is 1.80. The second-order valence-corrected chi connectivity index (χ2v) is 2.69. The zero-order chi connectivity index (χ0) is 9.68. The minimum atomic E-state index is -0.365. The quantitative estimate of drug-likeness (QED) is 0.656. The molecule has 0 saturated carbocycles. The molecule has 3 nitrogen and oxygen atoms in total. The van der Waals surface area contributed by atoms with Gasteiger partial charge in [-0.1, -0.05) is 6.92 Å². The molecule has 0 aliphatic heterocycles. The summed E-state index contributed by atoms with van der Waals surface area (Å²) < 4.78 is 10.3. The molecule has 0 fully saturated rings. The molecule has 0 bridgehead atoms. The Labute approximate surface area is 77.7 Å². The number of ether oxygens (including phenoxy) is 1. The van der Waals surface area contributed by atoms with Gasteiger partial charge in [-0.15, -0.1) is 0 Å². The van der Waals surface area contributed by atoms with Gasteiger partial charge in [0.1, 0.15) is 6.10 Å². The van der Waals surface area contributed by atoms with Crippen molar-refractivity contribution in [3.63, 3.8) is 0 Å². The molecule has 0 spiro atoms. The van der Waals surface area contributed by atoms with Gasteiger partial charge in [0.05, 0.1) is 6.26 Å². The molecule has 72 valence electrons. The first-order valence-corrected chi connectivity index (χ1v) is 4.48. The van der Waals surface area contributed by atoms with E-state index in [0.29, 0.717) is 18.8 Å². The molecule has 1 unspecified atom stereocenters. The van der Waals surface area contributed by atoms with E-state index in [2.05, 4.69) is 0 Å². The van der Waals surface area contributed by atoms with Crippen molar-refractivity contribution in [1.82, 2.24) is 0 Å². The fourth-order valence-corrected chi connectivity index (χ4v) is 1.16. The van der Waals surface area contributed by atoms with E-state index < -0.39 is 0 Å². The molecule has 0 saturated heterocycles. The molecule has 1 atom stereocenters. The van der Waals surface area contributed by atoms with E-state index in [1.165, 1.54) is 6.26 Å². The molecule has 0 N–H and O–H groups in total. The maximum Gasteiger partial charge on any atom is 0.226 e. The largest absolute Gasteiger partial charge is 0.461 e. The average Bonchev–Trinajstić information content (AvgIpc) is 2.65. The molecule has 1 heterocycles. The fourth-order valence-electron chi connectivity index (χ4n) is 1.16. The third kappa shape index (κ3) is 2.42. The lowest BCUT2D eigenvalue weighted by Crippen LogP contribution is -2.23. The summed E-state index contributed by atoms with van der Waals surface area (Å²) in [6.45, 7) is 4.34. The standard InChI is InChI=1S/C10H14O3/c1-3-8(12-4-2)10(11)9-6-5-7-13-9/h5-8H,3-4H2,1-2H3. The molecule has 0 amide bonds. The summed E-state index contributed by atoms with van der Waals surface area (Å²) in [5, 5.41) is 0. The predicted octanol–water partition coefficient (Wildman–Crippen LogP) is 2.28. The van der Waals surface area contributed by atoms with Crippen LogP contribution < -0.4 is 0 Å². The van der Waals surface area contributed by atoms with Gasteiger partial charge in [-0.25, -0.2) is 0 Å². The smallest absolute Gasteiger partial charge is 0.226 e. The van der Waals surface area contributed by atoms with Gasteiger partial charge in [-0.2, -0.15) is 0 Å². The lowest BCUT2D eigenvalue weighted by atomic mass is 10.1. The van der Waals surface area contributed by atoms with E-state index in [4.69, 9.17) is 9.15 Å². The molecule has 0 aromatic carbocycles. The lowest BCUT2D eigenvalue weighted by molar-refractivity contribution is 0.0420. The van der Waals surface area contributed by atoms with E-state index in [-0.39, 0.29) is 11.9 Å². The van der Waals surface area contributed by atoms with Crippen molar-refractivity contribution in [1.29, 1.82) is 0 Å². The van der Waals surface area contributed by atoms with Crippen LogP contribution in [0.15, 0.2) is 22.8 Å². The molecule has 1 aromatic rings. The topological polar surface area (TPSA) is 39.4 Å². The number of carbonyl (C=O) groups excluding carboxylic acids is 1. The Morgan fingerprint density at radius 1 is 1.62 bits per heavy atom. The molecule has 13 heavy (non-hydrogen) atoms. The molecule has 3 heteroatoms. The van der Waals surface area contributed by atoms with Crippen LogP contribution in [-0.4, -0.2) is 18.5 Å². The van der Waals surface area contributed by atoms with E-state index in [0.717, 1.165) is 0 Å². The van der Waals surface area contributed by atoms with Gasteiger partial charge in [-0.3, -0.25) is 4.79 Å². The van der Waals surface area contributed by atoms with Crippen molar-refractivity contribution >= 4 is 5.78 Å². The van der Waals surface area contributed by atoms with Crippen molar-refractivity contribution < 1.29 is 13.9 Å². The number of furan rings is 1. The number of ketones is 1. The Morgan fingerprint density at radius 2 is 2.38 bits per heavy atom. The Morgan fingerprint density at radius 3 is 2.85 bits per heavy atom. The van der Waals surface area contributed by atoms with Crippen molar-refractivity contribution in [3.05, 3.63) is 24.2 Å². The van der Waals surface area contributed by atoms with Crippen molar-refractivity contribution in [2.45, 2.75) is 26.4 Å². The van der Waals surface area contributed by atoms with E-state index in [1.807, 2.05) is 13.8 Å². The van der Waals surface area contributed by atoms with Crippen LogP contribution in [0.4, 0.5) is 0 Å². The lowest BCUT2D eigenvalue weighted by Gasteiger charge is -2.11. The average molecular weight is 182 g/mol. The zero-order valence-electron chi connectivity index (χ0n) is 7.95. The van der Waals surface area contributed by atoms with Crippen LogP contribution in [0.5, 0.6) is 0 Å². The minimum absolute atomic E-state index is 0.0747. The molecule has 1 rings (SSSR count). The first-order valence-electron chi connectivity index (χ1n) is 4.48. The Balaban J connectivity index is 2.65. The predicted molar refractivity (Wildman–Crippen MR) is 48.7 cm³/mol. The van der Waals surface area contributed by atoms with Gasteiger partial charge in [0.25, 0.3) is 0 Å². The zero-order valence-corrected chi connectivity index (χ0v) is 7.95. The molecule has 0 aliphatic carbocycles. The molecular formula is C10H14O3. The maximum absolute atomic E-state index is 11.6. The van der Waals surface area contributed by atoms with Gasteiger partial charge >= 0.3 is 0 Å². The van der Waals surface area contributed by atoms with Crippen LogP contribution in [-0.2, 0) is 4.74 Å². The first-order chi connectivity index (χ1) is 6.29. The van der Waals surface area contributed by atoms with Gasteiger partial charge < -0.3 is 9.15 Å². The van der Waals surface area contributed by atoms with Crippen LogP contribution >= 0.6 is 0 Å². The summed E-state index contributed by atoms with van der Waals surface area (Å²) in [5.41, 5.74) is 0. The fraction of sp³-hybridized carbons (Fsp3) is 0.500. The highest BCUT2D eigenvalue weighted by Crippen LogP contribution is 2.09. The molecule has 0 radical (unpaired) electrons. The minimum Gasteiger partial charge on any atom is -0.461 e. The molecule has 0 aliphatic rings. The first kappa shape index (κ1) is 9.99. The highest BCUT2D eigenvalue weighted by molar-refractivity contribution is 5.96. The summed E-state index contributed by atoms with van der Waals surface area (Å²) in [6, 6.07) is 3.36. The van der Waals surface area contributed by atoms with Gasteiger partial charge in [0, 0.05) is 6.61 Å². The van der Waals surface area contributed by atoms with Crippen molar-refractivity contribution in [3.8, 4) is 0 Å². The third-order valence-electron chi connectivity index (χ3n) is 1.80. The maximum atomic E-state index is 11.6. The van der Waals surface area contributed by atoms with Crippen LogP contribution in [0.3, 0.4) is 0 Å². The van der Waals surface area contributed by atoms with Crippen LogP contribution in [0.1, 0.15) is 30.8 Å². The molecular weight excluding hydrogens is 168 g/mol. The van der Waals surface area contributed by atoms with Gasteiger partial charge in [-0.05, 0) is 25.5 Å². The summed E-state index contributed by atoms with van der Waals surface area (Å²) in [4.78, 5) is 11.6. The summed E-state index contributed by atoms with van der Waals surface area (Å²) in [7, 11) is 0. The van der Waals surface area contributed by atoms with Gasteiger partial charge in [0.15, 0.2) is 5.76 Å². The van der Waals surface area contributed by atoms with Crippen LogP contribution in [0, 0.1) is 0 Å². The Kier molecular flexibility index (Phi) is 3.71. The SMILES string of the molecule is CCOC(CC)C(=O)c1ccco1. The second-order valence-electron chi connectivity index (χ2n) is 2.69. The number of carbonyl (C=O) groups is 1. The van der Waals surface area contributed by atoms with Crippen molar-refractivity contribution in [2.24, 2.45) is 0 Å². The highest BCUT2D eigenvalue weighted by Gasteiger charge is 2.20. The molecule has 1 aromatic heterocycles. The highest BCUT2D eigenvalue weighted by atomic mass is 16.5. The summed E-state index contributed by atoms with van der Waals surface area (Å²) in [5.74, 6) is 0.301. The van der Waals surface area contributed by atoms with Crippen LogP contribution in [0.2, 0.25) is 0 Å². The normalized spacial score (nSPS) is 12.8. The number of hydrogen-bond acceptors (Lipinski definition) is 3. The monoisotopic (exact) mass is 182 g/mol. The Bertz CT molecular complexity index is 251. The third-order valence-corrected chi connectivity index (χ3v) is 1.80. The number of hydrogen-bond donors (Lipinski definition) is 0. The summed E-state index contributed by atoms with van der Waals surface area (Å²) >= 11 is 0. The van der Waals surface area contributed by atoms with Crippen LogP contribution in [0.25, 0.3) is 0 Å². The number of rotatable bonds is 5. The van der Waals surface area contributed by atoms with Gasteiger partial charge in [0.2, 0.25) is 5.78 Å². The van der Waals surface area contributed by atoms with E-state index >= 15 is 0 Å². The van der Waals surface area contributed by atoms with E-state index in [9.17, 15) is 4.79 Å². The van der Waals surface area contributed by atoms with Crippen molar-refractivity contribution in [2.75, 3.05) is 6.61 Å². The van der Waals surface area contributed by atoms with E-state index in [1.54, 1.807) is 12.1 Å². The Hall–Kier alpha value is -1.09.